The molecule has 1 unspecified atom stereocenters. The van der Waals surface area contributed by atoms with Crippen molar-refractivity contribution in [2.24, 2.45) is 0 Å². The molecule has 2 rings (SSSR count). The lowest BCUT2D eigenvalue weighted by Crippen LogP contribution is -2.43. The molecule has 1 aliphatic heterocycles. The summed E-state index contributed by atoms with van der Waals surface area (Å²) in [4.78, 5) is 15.9. The quantitative estimate of drug-likeness (QED) is 0.824. The van der Waals surface area contributed by atoms with Crippen LogP contribution < -0.4 is 5.32 Å². The highest BCUT2D eigenvalue weighted by Gasteiger charge is 2.26. The maximum atomic E-state index is 12.0. The molecule has 0 spiro atoms. The van der Waals surface area contributed by atoms with Crippen LogP contribution in [0.5, 0.6) is 0 Å². The second kappa shape index (κ2) is 5.36. The number of rotatable bonds is 2. The Morgan fingerprint density at radius 2 is 2.28 bits per heavy atom. The maximum Gasteiger partial charge on any atom is 0.254 e. The van der Waals surface area contributed by atoms with Gasteiger partial charge >= 0.3 is 0 Å². The van der Waals surface area contributed by atoms with Crippen molar-refractivity contribution < 1.29 is 13.2 Å². The molecular formula is C11H13BrN2O3S. The van der Waals surface area contributed by atoms with Gasteiger partial charge in [0, 0.05) is 12.2 Å². The molecule has 0 radical (unpaired) electrons. The zero-order valence-corrected chi connectivity index (χ0v) is 12.0. The Balaban J connectivity index is 2.06. The number of hydrogen-bond donors (Lipinski definition) is 1. The third-order valence-electron chi connectivity index (χ3n) is 2.80. The summed E-state index contributed by atoms with van der Waals surface area (Å²) in [6.07, 6.45) is 2.87. The summed E-state index contributed by atoms with van der Waals surface area (Å²) in [6.45, 7) is 0. The number of pyridine rings is 1. The molecule has 0 bridgehead atoms. The van der Waals surface area contributed by atoms with Gasteiger partial charge in [0.25, 0.3) is 5.91 Å². The smallest absolute Gasteiger partial charge is 0.254 e. The number of sulfone groups is 1. The molecule has 0 aliphatic carbocycles. The summed E-state index contributed by atoms with van der Waals surface area (Å²) in [7, 11) is -3.01. The summed E-state index contributed by atoms with van der Waals surface area (Å²) in [5.74, 6) is -0.0517. The Kier molecular flexibility index (Phi) is 4.01. The van der Waals surface area contributed by atoms with Gasteiger partial charge in [0.2, 0.25) is 0 Å². The number of aromatic nitrogens is 1. The Labute approximate surface area is 114 Å². The molecule has 7 heteroatoms. The first-order chi connectivity index (χ1) is 8.48. The topological polar surface area (TPSA) is 76.1 Å². The summed E-state index contributed by atoms with van der Waals surface area (Å²) >= 11 is 3.19. The highest BCUT2D eigenvalue weighted by Crippen LogP contribution is 2.15. The molecule has 1 aromatic heterocycles. The van der Waals surface area contributed by atoms with Gasteiger partial charge in [0.15, 0.2) is 9.84 Å². The predicted molar refractivity (Wildman–Crippen MR) is 71.1 cm³/mol. The molecule has 2 heterocycles. The van der Waals surface area contributed by atoms with Crippen LogP contribution >= 0.6 is 15.9 Å². The maximum absolute atomic E-state index is 12.0. The molecule has 1 N–H and O–H groups in total. The number of carbonyl (C=O) groups excluding carboxylic acids is 1. The van der Waals surface area contributed by atoms with E-state index in [2.05, 4.69) is 26.2 Å². The second-order valence-electron chi connectivity index (χ2n) is 4.27. The van der Waals surface area contributed by atoms with Crippen molar-refractivity contribution in [1.29, 1.82) is 0 Å². The van der Waals surface area contributed by atoms with Crippen LogP contribution in [-0.2, 0) is 9.84 Å². The highest BCUT2D eigenvalue weighted by molar-refractivity contribution is 9.10. The summed E-state index contributed by atoms with van der Waals surface area (Å²) in [6, 6.07) is 3.00. The fourth-order valence-corrected chi connectivity index (χ4v) is 4.02. The van der Waals surface area contributed by atoms with E-state index in [1.165, 1.54) is 0 Å². The van der Waals surface area contributed by atoms with Crippen LogP contribution in [0.2, 0.25) is 0 Å². The first kappa shape index (κ1) is 13.5. The predicted octanol–water partition coefficient (Wildman–Crippen LogP) is 1.15. The Morgan fingerprint density at radius 3 is 2.94 bits per heavy atom. The van der Waals surface area contributed by atoms with E-state index in [-0.39, 0.29) is 23.5 Å². The van der Waals surface area contributed by atoms with Crippen LogP contribution in [-0.4, -0.2) is 36.9 Å². The molecule has 1 saturated heterocycles. The van der Waals surface area contributed by atoms with Crippen molar-refractivity contribution in [2.75, 3.05) is 11.5 Å². The van der Waals surface area contributed by atoms with Gasteiger partial charge in [-0.2, -0.15) is 0 Å². The molecule has 0 aromatic carbocycles. The molecule has 1 aliphatic rings. The first-order valence-corrected chi connectivity index (χ1v) is 8.21. The van der Waals surface area contributed by atoms with E-state index < -0.39 is 9.84 Å². The molecule has 18 heavy (non-hydrogen) atoms. The molecule has 1 atom stereocenters. The van der Waals surface area contributed by atoms with E-state index in [9.17, 15) is 13.2 Å². The third kappa shape index (κ3) is 3.29. The number of halogens is 1. The minimum Gasteiger partial charge on any atom is -0.348 e. The molecule has 5 nitrogen and oxygen atoms in total. The van der Waals surface area contributed by atoms with Crippen LogP contribution in [0.15, 0.2) is 22.9 Å². The van der Waals surface area contributed by atoms with Gasteiger partial charge in [0.1, 0.15) is 4.60 Å². The van der Waals surface area contributed by atoms with Crippen molar-refractivity contribution in [3.8, 4) is 0 Å². The van der Waals surface area contributed by atoms with Crippen LogP contribution in [0, 0.1) is 0 Å². The van der Waals surface area contributed by atoms with Crippen molar-refractivity contribution in [2.45, 2.75) is 18.9 Å². The third-order valence-corrected chi connectivity index (χ3v) is 5.25. The second-order valence-corrected chi connectivity index (χ2v) is 7.25. The molecule has 1 aromatic rings. The van der Waals surface area contributed by atoms with E-state index in [0.29, 0.717) is 23.0 Å². The molecule has 1 fully saturated rings. The Hall–Kier alpha value is -0.950. The average molecular weight is 333 g/mol. The Bertz CT molecular complexity index is 559. The number of amides is 1. The highest BCUT2D eigenvalue weighted by atomic mass is 79.9. The minimum atomic E-state index is -3.01. The molecule has 1 amide bonds. The van der Waals surface area contributed by atoms with Crippen molar-refractivity contribution in [3.05, 3.63) is 28.5 Å². The van der Waals surface area contributed by atoms with Gasteiger partial charge in [0.05, 0.1) is 17.1 Å². The SMILES string of the molecule is O=C(NC1CCCS(=O)(=O)C1)c1cccnc1Br. The van der Waals surface area contributed by atoms with Crippen LogP contribution in [0.3, 0.4) is 0 Å². The van der Waals surface area contributed by atoms with Crippen LogP contribution in [0.25, 0.3) is 0 Å². The lowest BCUT2D eigenvalue weighted by Gasteiger charge is -2.23. The van der Waals surface area contributed by atoms with E-state index in [4.69, 9.17) is 0 Å². The molecule has 0 saturated carbocycles. The fraction of sp³-hybridized carbons (Fsp3) is 0.455. The number of carbonyl (C=O) groups is 1. The van der Waals surface area contributed by atoms with Gasteiger partial charge < -0.3 is 5.32 Å². The summed E-state index contributed by atoms with van der Waals surface area (Å²) in [5, 5.41) is 2.74. The molecule has 98 valence electrons. The van der Waals surface area contributed by atoms with Gasteiger partial charge in [-0.05, 0) is 40.9 Å². The van der Waals surface area contributed by atoms with Gasteiger partial charge in [-0.15, -0.1) is 0 Å². The number of hydrogen-bond acceptors (Lipinski definition) is 4. The average Bonchev–Trinajstić information content (AvgIpc) is 2.28. The lowest BCUT2D eigenvalue weighted by atomic mass is 10.1. The van der Waals surface area contributed by atoms with Crippen molar-refractivity contribution >= 4 is 31.7 Å². The number of nitrogens with zero attached hydrogens (tertiary/aromatic N) is 1. The van der Waals surface area contributed by atoms with E-state index in [0.717, 1.165) is 0 Å². The lowest BCUT2D eigenvalue weighted by molar-refractivity contribution is 0.0937. The standard InChI is InChI=1S/C11H13BrN2O3S/c12-10-9(4-1-5-13-10)11(15)14-8-3-2-6-18(16,17)7-8/h1,4-5,8H,2-3,6-7H2,(H,14,15). The zero-order valence-electron chi connectivity index (χ0n) is 9.60. The molecular weight excluding hydrogens is 320 g/mol. The monoisotopic (exact) mass is 332 g/mol. The van der Waals surface area contributed by atoms with E-state index >= 15 is 0 Å². The summed E-state index contributed by atoms with van der Waals surface area (Å²) < 4.78 is 23.4. The largest absolute Gasteiger partial charge is 0.348 e. The summed E-state index contributed by atoms with van der Waals surface area (Å²) in [5.41, 5.74) is 0.417. The first-order valence-electron chi connectivity index (χ1n) is 5.60. The van der Waals surface area contributed by atoms with Gasteiger partial charge in [-0.25, -0.2) is 13.4 Å². The number of nitrogens with one attached hydrogen (secondary N) is 1. The van der Waals surface area contributed by atoms with E-state index in [1.54, 1.807) is 18.3 Å². The van der Waals surface area contributed by atoms with E-state index in [1.807, 2.05) is 0 Å². The van der Waals surface area contributed by atoms with Gasteiger partial charge in [-0.1, -0.05) is 0 Å². The zero-order chi connectivity index (χ0) is 13.2. The van der Waals surface area contributed by atoms with Crippen molar-refractivity contribution in [3.63, 3.8) is 0 Å². The van der Waals surface area contributed by atoms with Crippen LogP contribution in [0.1, 0.15) is 23.2 Å². The Morgan fingerprint density at radius 1 is 1.50 bits per heavy atom. The van der Waals surface area contributed by atoms with Crippen molar-refractivity contribution in [1.82, 2.24) is 10.3 Å². The fourth-order valence-electron chi connectivity index (χ4n) is 1.96. The normalized spacial score (nSPS) is 22.4. The van der Waals surface area contributed by atoms with Crippen LogP contribution in [0.4, 0.5) is 0 Å². The van der Waals surface area contributed by atoms with Gasteiger partial charge in [-0.3, -0.25) is 4.79 Å². The minimum absolute atomic E-state index is 0.0244.